The van der Waals surface area contributed by atoms with Crippen LogP contribution in [0.3, 0.4) is 0 Å². The molecule has 0 bridgehead atoms. The number of hydrogen-bond acceptors (Lipinski definition) is 1. The Kier molecular flexibility index (Phi) is 3.78. The van der Waals surface area contributed by atoms with Crippen molar-refractivity contribution in [1.29, 1.82) is 0 Å². The van der Waals surface area contributed by atoms with Gasteiger partial charge in [-0.3, -0.25) is 0 Å². The lowest BCUT2D eigenvalue weighted by atomic mass is 10.1. The van der Waals surface area contributed by atoms with Crippen LogP contribution >= 0.6 is 15.9 Å². The van der Waals surface area contributed by atoms with Crippen molar-refractivity contribution in [3.8, 4) is 5.75 Å². The molecule has 0 amide bonds. The Labute approximate surface area is 103 Å². The second-order valence-corrected chi connectivity index (χ2v) is 4.16. The predicted molar refractivity (Wildman–Crippen MR) is 66.4 cm³/mol. The minimum absolute atomic E-state index is 0.393. The second-order valence-electron chi connectivity index (χ2n) is 3.60. The first-order chi connectivity index (χ1) is 7.78. The number of allylic oxidation sites excluding steroid dienone is 3. The molecule has 0 spiro atoms. The molecule has 0 aliphatic heterocycles. The van der Waals surface area contributed by atoms with E-state index in [9.17, 15) is 4.39 Å². The van der Waals surface area contributed by atoms with Crippen LogP contribution in [0.2, 0.25) is 0 Å². The maximum Gasteiger partial charge on any atom is 0.127 e. The maximum atomic E-state index is 12.8. The lowest BCUT2D eigenvalue weighted by Gasteiger charge is -2.11. The molecule has 0 saturated carbocycles. The monoisotopic (exact) mass is 282 g/mol. The van der Waals surface area contributed by atoms with Gasteiger partial charge in [-0.1, -0.05) is 28.1 Å². The van der Waals surface area contributed by atoms with E-state index < -0.39 is 6.17 Å². The predicted octanol–water partition coefficient (Wildman–Crippen LogP) is 4.14. The van der Waals surface area contributed by atoms with Gasteiger partial charge in [-0.15, -0.1) is 0 Å². The van der Waals surface area contributed by atoms with Crippen molar-refractivity contribution >= 4 is 15.9 Å². The van der Waals surface area contributed by atoms with Crippen molar-refractivity contribution in [2.75, 3.05) is 0 Å². The summed E-state index contributed by atoms with van der Waals surface area (Å²) in [5.74, 6) is 1.49. The van der Waals surface area contributed by atoms with Gasteiger partial charge in [-0.2, -0.15) is 0 Å². The van der Waals surface area contributed by atoms with E-state index in [4.69, 9.17) is 4.74 Å². The van der Waals surface area contributed by atoms with E-state index in [1.165, 1.54) is 6.08 Å². The van der Waals surface area contributed by atoms with Gasteiger partial charge in [-0.25, -0.2) is 4.39 Å². The van der Waals surface area contributed by atoms with Crippen LogP contribution in [0.1, 0.15) is 12.0 Å². The summed E-state index contributed by atoms with van der Waals surface area (Å²) in [6, 6.07) is 7.81. The molecule has 84 valence electrons. The Bertz CT molecular complexity index is 426. The topological polar surface area (TPSA) is 9.23 Å². The fraction of sp³-hybridized carbons (Fsp3) is 0.231. The van der Waals surface area contributed by atoms with Gasteiger partial charge in [0, 0.05) is 11.8 Å². The summed E-state index contributed by atoms with van der Waals surface area (Å²) in [4.78, 5) is 0. The Morgan fingerprint density at radius 1 is 1.44 bits per heavy atom. The van der Waals surface area contributed by atoms with Crippen molar-refractivity contribution < 1.29 is 9.13 Å². The van der Waals surface area contributed by atoms with Gasteiger partial charge in [0.2, 0.25) is 0 Å². The largest absolute Gasteiger partial charge is 0.458 e. The Hall–Kier alpha value is -1.09. The molecule has 16 heavy (non-hydrogen) atoms. The highest BCUT2D eigenvalue weighted by Crippen LogP contribution is 2.21. The summed E-state index contributed by atoms with van der Waals surface area (Å²) >= 11 is 3.39. The Balaban J connectivity index is 2.07. The van der Waals surface area contributed by atoms with E-state index in [-0.39, 0.29) is 0 Å². The molecule has 0 saturated heterocycles. The van der Waals surface area contributed by atoms with E-state index in [0.29, 0.717) is 12.2 Å². The van der Waals surface area contributed by atoms with Crippen LogP contribution in [0.4, 0.5) is 4.39 Å². The second kappa shape index (κ2) is 5.30. The van der Waals surface area contributed by atoms with E-state index in [1.807, 2.05) is 24.3 Å². The zero-order chi connectivity index (χ0) is 11.4. The molecule has 1 nitrogen and oxygen atoms in total. The Morgan fingerprint density at radius 3 is 3.00 bits per heavy atom. The summed E-state index contributed by atoms with van der Waals surface area (Å²) in [7, 11) is 0. The first-order valence-electron chi connectivity index (χ1n) is 5.13. The molecule has 1 aromatic rings. The molecule has 0 fully saturated rings. The number of halogens is 2. The highest BCUT2D eigenvalue weighted by molar-refractivity contribution is 9.08. The van der Waals surface area contributed by atoms with E-state index in [0.717, 1.165) is 16.6 Å². The number of benzene rings is 1. The fourth-order valence-electron chi connectivity index (χ4n) is 1.48. The molecule has 3 heteroatoms. The van der Waals surface area contributed by atoms with E-state index in [2.05, 4.69) is 15.9 Å². The van der Waals surface area contributed by atoms with Gasteiger partial charge in [-0.05, 0) is 35.9 Å². The van der Waals surface area contributed by atoms with Crippen LogP contribution in [0.5, 0.6) is 5.75 Å². The highest BCUT2D eigenvalue weighted by atomic mass is 79.9. The average molecular weight is 283 g/mol. The van der Waals surface area contributed by atoms with Crippen molar-refractivity contribution in [2.24, 2.45) is 0 Å². The van der Waals surface area contributed by atoms with Gasteiger partial charge < -0.3 is 4.74 Å². The fourth-order valence-corrected chi connectivity index (χ4v) is 1.83. The van der Waals surface area contributed by atoms with Crippen LogP contribution in [-0.2, 0) is 5.33 Å². The molecular formula is C13H12BrFO. The summed E-state index contributed by atoms with van der Waals surface area (Å²) in [5, 5.41) is 0.797. The number of alkyl halides is 2. The van der Waals surface area contributed by atoms with Crippen LogP contribution in [0.25, 0.3) is 0 Å². The minimum atomic E-state index is -0.874. The van der Waals surface area contributed by atoms with Crippen LogP contribution < -0.4 is 4.74 Å². The molecule has 0 aromatic heterocycles. The van der Waals surface area contributed by atoms with Crippen LogP contribution in [-0.4, -0.2) is 6.17 Å². The molecule has 0 radical (unpaired) electrons. The first kappa shape index (κ1) is 11.4. The molecule has 1 aromatic carbocycles. The van der Waals surface area contributed by atoms with Crippen LogP contribution in [0, 0.1) is 0 Å². The van der Waals surface area contributed by atoms with Gasteiger partial charge in [0.15, 0.2) is 0 Å². The van der Waals surface area contributed by atoms with Crippen molar-refractivity contribution in [2.45, 2.75) is 17.9 Å². The smallest absolute Gasteiger partial charge is 0.127 e. The molecule has 1 aliphatic carbocycles. The lowest BCUT2D eigenvalue weighted by Crippen LogP contribution is -2.02. The minimum Gasteiger partial charge on any atom is -0.458 e. The molecule has 0 heterocycles. The SMILES string of the molecule is FC1C=CC(Oc2cccc(CBr)c2)=CC1. The molecule has 1 atom stereocenters. The lowest BCUT2D eigenvalue weighted by molar-refractivity contribution is 0.380. The third-order valence-electron chi connectivity index (χ3n) is 2.30. The third kappa shape index (κ3) is 2.95. The summed E-state index contributed by atoms with van der Waals surface area (Å²) < 4.78 is 18.5. The third-order valence-corrected chi connectivity index (χ3v) is 2.95. The molecule has 1 unspecified atom stereocenters. The van der Waals surface area contributed by atoms with Gasteiger partial charge in [0.1, 0.15) is 17.7 Å². The van der Waals surface area contributed by atoms with Gasteiger partial charge in [0.05, 0.1) is 0 Å². The Morgan fingerprint density at radius 2 is 2.31 bits per heavy atom. The van der Waals surface area contributed by atoms with Crippen LogP contribution in [0.15, 0.2) is 48.3 Å². The maximum absolute atomic E-state index is 12.8. The molecule has 0 N–H and O–H groups in total. The van der Waals surface area contributed by atoms with Crippen molar-refractivity contribution in [3.05, 3.63) is 53.8 Å². The summed E-state index contributed by atoms with van der Waals surface area (Å²) in [5.41, 5.74) is 1.15. The summed E-state index contributed by atoms with van der Waals surface area (Å²) in [6.07, 6.45) is 4.48. The standard InChI is InChI=1S/C13H12BrFO/c14-9-10-2-1-3-13(8-10)16-12-6-4-11(15)5-7-12/h1-4,6-8,11H,5,9H2. The van der Waals surface area contributed by atoms with Gasteiger partial charge in [0.25, 0.3) is 0 Å². The van der Waals surface area contributed by atoms with E-state index in [1.54, 1.807) is 12.2 Å². The molecular weight excluding hydrogens is 271 g/mol. The number of hydrogen-bond donors (Lipinski definition) is 0. The zero-order valence-electron chi connectivity index (χ0n) is 8.70. The first-order valence-corrected chi connectivity index (χ1v) is 6.25. The number of ether oxygens (including phenoxy) is 1. The zero-order valence-corrected chi connectivity index (χ0v) is 10.3. The van der Waals surface area contributed by atoms with Crippen molar-refractivity contribution in [1.82, 2.24) is 0 Å². The van der Waals surface area contributed by atoms with Crippen molar-refractivity contribution in [3.63, 3.8) is 0 Å². The molecule has 1 aliphatic rings. The summed E-state index contributed by atoms with van der Waals surface area (Å²) in [6.45, 7) is 0. The highest BCUT2D eigenvalue weighted by Gasteiger charge is 2.07. The van der Waals surface area contributed by atoms with Gasteiger partial charge >= 0.3 is 0 Å². The molecule has 2 rings (SSSR count). The average Bonchev–Trinajstić information content (AvgIpc) is 2.32. The quantitative estimate of drug-likeness (QED) is 0.757. The number of rotatable bonds is 3. The normalized spacial score (nSPS) is 19.4. The van der Waals surface area contributed by atoms with E-state index >= 15 is 0 Å².